The first-order chi connectivity index (χ1) is 11.7. The zero-order valence-electron chi connectivity index (χ0n) is 12.9. The molecule has 0 spiro atoms. The monoisotopic (exact) mass is 314 g/mol. The van der Waals surface area contributed by atoms with Crippen LogP contribution in [0.3, 0.4) is 0 Å². The third-order valence-corrected chi connectivity index (χ3v) is 4.24. The fourth-order valence-electron chi connectivity index (χ4n) is 3.15. The average molecular weight is 314 g/mol. The minimum absolute atomic E-state index is 0.0681. The van der Waals surface area contributed by atoms with Crippen LogP contribution in [-0.2, 0) is 14.3 Å². The molecule has 0 bridgehead atoms. The minimum atomic E-state index is -0.381. The van der Waals surface area contributed by atoms with Crippen LogP contribution in [0, 0.1) is 0 Å². The lowest BCUT2D eigenvalue weighted by molar-refractivity contribution is -0.136. The molecule has 3 nitrogen and oxygen atoms in total. The number of allylic oxidation sites excluding steroid dienone is 7. The van der Waals surface area contributed by atoms with E-state index in [-0.39, 0.29) is 18.2 Å². The summed E-state index contributed by atoms with van der Waals surface area (Å²) in [6.45, 7) is 0. The topological polar surface area (TPSA) is 43.4 Å². The SMILES string of the molecule is O=C1CC2=c3ccc4c(c3C=C2C(=O)C=CC=CC=CO1)C=CC=4. The number of ketones is 1. The fourth-order valence-corrected chi connectivity index (χ4v) is 3.15. The summed E-state index contributed by atoms with van der Waals surface area (Å²) in [5.41, 5.74) is 3.38. The van der Waals surface area contributed by atoms with Crippen molar-refractivity contribution >= 4 is 35.6 Å². The number of carbonyl (C=O) groups is 2. The molecule has 24 heavy (non-hydrogen) atoms. The lowest BCUT2D eigenvalue weighted by Crippen LogP contribution is -2.17. The van der Waals surface area contributed by atoms with Crippen molar-refractivity contribution in [1.29, 1.82) is 0 Å². The molecule has 3 heteroatoms. The van der Waals surface area contributed by atoms with Gasteiger partial charge in [-0.15, -0.1) is 0 Å². The van der Waals surface area contributed by atoms with Crippen LogP contribution in [0.25, 0.3) is 23.8 Å². The minimum Gasteiger partial charge on any atom is -0.434 e. The van der Waals surface area contributed by atoms with Gasteiger partial charge in [-0.25, -0.2) is 0 Å². The van der Waals surface area contributed by atoms with Gasteiger partial charge in [-0.3, -0.25) is 9.59 Å². The zero-order valence-corrected chi connectivity index (χ0v) is 12.9. The summed E-state index contributed by atoms with van der Waals surface area (Å²) in [6, 6.07) is 3.99. The highest BCUT2D eigenvalue weighted by Crippen LogP contribution is 2.27. The van der Waals surface area contributed by atoms with Gasteiger partial charge in [-0.2, -0.15) is 0 Å². The van der Waals surface area contributed by atoms with Crippen LogP contribution < -0.4 is 10.4 Å². The molecule has 0 atom stereocenters. The second kappa shape index (κ2) is 5.78. The maximum absolute atomic E-state index is 12.6. The summed E-state index contributed by atoms with van der Waals surface area (Å²) in [5.74, 6) is -0.490. The standard InChI is InChI=1S/C21H14O3/c22-20-8-3-1-2-4-11-24-21(23)13-18-16-10-9-14-6-5-7-15(14)17(16)12-19(18)20/h1-12H,13H2. The molecule has 1 aliphatic heterocycles. The summed E-state index contributed by atoms with van der Waals surface area (Å²) in [7, 11) is 0. The van der Waals surface area contributed by atoms with E-state index in [0.29, 0.717) is 5.57 Å². The number of hydrogen-bond acceptors (Lipinski definition) is 3. The summed E-state index contributed by atoms with van der Waals surface area (Å²) >= 11 is 0. The zero-order chi connectivity index (χ0) is 16.5. The summed E-state index contributed by atoms with van der Waals surface area (Å²) in [5, 5.41) is 2.05. The molecule has 0 saturated carbocycles. The van der Waals surface area contributed by atoms with Crippen LogP contribution in [0.4, 0.5) is 0 Å². The number of ether oxygens (including phenoxy) is 1. The maximum Gasteiger partial charge on any atom is 0.315 e. The number of carbonyl (C=O) groups excluding carboxylic acids is 2. The van der Waals surface area contributed by atoms with Gasteiger partial charge >= 0.3 is 5.97 Å². The van der Waals surface area contributed by atoms with Crippen molar-refractivity contribution in [3.63, 3.8) is 0 Å². The summed E-state index contributed by atoms with van der Waals surface area (Å²) in [6.07, 6.45) is 17.6. The fraction of sp³-hybridized carbons (Fsp3) is 0.0476. The Labute approximate surface area is 138 Å². The second-order valence-electron chi connectivity index (χ2n) is 5.70. The molecule has 3 aliphatic rings. The van der Waals surface area contributed by atoms with Crippen molar-refractivity contribution < 1.29 is 14.3 Å². The molecule has 0 amide bonds. The Morgan fingerprint density at radius 1 is 0.875 bits per heavy atom. The van der Waals surface area contributed by atoms with Gasteiger partial charge in [0.1, 0.15) is 0 Å². The molecule has 2 aliphatic carbocycles. The number of rotatable bonds is 0. The van der Waals surface area contributed by atoms with E-state index < -0.39 is 0 Å². The van der Waals surface area contributed by atoms with E-state index in [9.17, 15) is 9.59 Å². The first-order valence-electron chi connectivity index (χ1n) is 7.74. The molecule has 1 aromatic carbocycles. The summed E-state index contributed by atoms with van der Waals surface area (Å²) in [4.78, 5) is 24.7. The normalized spacial score (nSPS) is 18.2. The third kappa shape index (κ3) is 2.40. The van der Waals surface area contributed by atoms with Gasteiger partial charge in [-0.1, -0.05) is 48.6 Å². The van der Waals surface area contributed by atoms with Gasteiger partial charge in [-0.05, 0) is 45.4 Å². The Morgan fingerprint density at radius 3 is 2.67 bits per heavy atom. The third-order valence-electron chi connectivity index (χ3n) is 4.24. The predicted octanol–water partition coefficient (Wildman–Crippen LogP) is 2.18. The Kier molecular flexibility index (Phi) is 3.47. The quantitative estimate of drug-likeness (QED) is 0.690. The lowest BCUT2D eigenvalue weighted by atomic mass is 10.00. The smallest absolute Gasteiger partial charge is 0.315 e. The molecule has 1 heterocycles. The molecule has 0 fully saturated rings. The Hall–Kier alpha value is -3.20. The summed E-state index contributed by atoms with van der Waals surface area (Å²) < 4.78 is 5.09. The Balaban J connectivity index is 1.92. The highest BCUT2D eigenvalue weighted by molar-refractivity contribution is 6.19. The van der Waals surface area contributed by atoms with Crippen LogP contribution in [0.2, 0.25) is 0 Å². The lowest BCUT2D eigenvalue weighted by Gasteiger charge is -2.05. The molecular formula is C21H14O3. The van der Waals surface area contributed by atoms with E-state index in [1.165, 1.54) is 12.3 Å². The van der Waals surface area contributed by atoms with Gasteiger partial charge in [0.05, 0.1) is 12.7 Å². The van der Waals surface area contributed by atoms with E-state index in [1.54, 1.807) is 24.3 Å². The molecule has 4 rings (SSSR count). The van der Waals surface area contributed by atoms with Crippen molar-refractivity contribution in [2.24, 2.45) is 0 Å². The number of hydrogen-bond donors (Lipinski definition) is 0. The van der Waals surface area contributed by atoms with Crippen LogP contribution in [0.15, 0.2) is 60.4 Å². The van der Waals surface area contributed by atoms with Crippen molar-refractivity contribution in [1.82, 2.24) is 0 Å². The van der Waals surface area contributed by atoms with E-state index >= 15 is 0 Å². The van der Waals surface area contributed by atoms with Gasteiger partial charge < -0.3 is 4.74 Å². The van der Waals surface area contributed by atoms with Crippen LogP contribution in [0.5, 0.6) is 0 Å². The van der Waals surface area contributed by atoms with Crippen LogP contribution >= 0.6 is 0 Å². The molecule has 0 aromatic heterocycles. The van der Waals surface area contributed by atoms with Gasteiger partial charge in [0.15, 0.2) is 5.78 Å². The van der Waals surface area contributed by atoms with E-state index in [2.05, 4.69) is 0 Å². The maximum atomic E-state index is 12.6. The molecule has 0 saturated heterocycles. The number of fused-ring (bicyclic) bond motifs is 4. The Bertz CT molecular complexity index is 1030. The first-order valence-corrected chi connectivity index (χ1v) is 7.74. The van der Waals surface area contributed by atoms with Crippen LogP contribution in [0.1, 0.15) is 17.5 Å². The molecule has 116 valence electrons. The van der Waals surface area contributed by atoms with Gasteiger partial charge in [0, 0.05) is 5.57 Å². The first kappa shape index (κ1) is 14.4. The largest absolute Gasteiger partial charge is 0.434 e. The molecule has 0 radical (unpaired) electrons. The van der Waals surface area contributed by atoms with E-state index in [4.69, 9.17) is 4.74 Å². The number of cyclic esters (lactones) is 1. The number of benzene rings is 1. The molecule has 0 N–H and O–H groups in total. The molecule has 1 aromatic rings. The highest BCUT2D eigenvalue weighted by Gasteiger charge is 2.24. The highest BCUT2D eigenvalue weighted by atomic mass is 16.5. The van der Waals surface area contributed by atoms with Gasteiger partial charge in [0.25, 0.3) is 0 Å². The number of esters is 1. The van der Waals surface area contributed by atoms with Crippen molar-refractivity contribution in [3.8, 4) is 0 Å². The second-order valence-corrected chi connectivity index (χ2v) is 5.70. The Morgan fingerprint density at radius 2 is 1.75 bits per heavy atom. The van der Waals surface area contributed by atoms with Crippen molar-refractivity contribution in [3.05, 3.63) is 82.0 Å². The van der Waals surface area contributed by atoms with Crippen molar-refractivity contribution in [2.45, 2.75) is 6.42 Å². The predicted molar refractivity (Wildman–Crippen MR) is 93.7 cm³/mol. The van der Waals surface area contributed by atoms with E-state index in [1.807, 2.05) is 36.4 Å². The van der Waals surface area contributed by atoms with Crippen LogP contribution in [-0.4, -0.2) is 11.8 Å². The molecule has 0 unspecified atom stereocenters. The van der Waals surface area contributed by atoms with E-state index in [0.717, 1.165) is 27.1 Å². The van der Waals surface area contributed by atoms with Gasteiger partial charge in [0.2, 0.25) is 0 Å². The molecular weight excluding hydrogens is 300 g/mol. The average Bonchev–Trinajstić information content (AvgIpc) is 3.17. The van der Waals surface area contributed by atoms with Crippen molar-refractivity contribution in [2.75, 3.05) is 0 Å².